The van der Waals surface area contributed by atoms with Crippen molar-refractivity contribution < 1.29 is 24.0 Å². The Bertz CT molecular complexity index is 1090. The Morgan fingerprint density at radius 2 is 1.35 bits per heavy atom. The summed E-state index contributed by atoms with van der Waals surface area (Å²) in [4.78, 5) is 61.7. The number of primary amides is 1. The molecule has 0 radical (unpaired) electrons. The van der Waals surface area contributed by atoms with Crippen molar-refractivity contribution in [3.63, 3.8) is 0 Å². The monoisotopic (exact) mass is 509 g/mol. The number of nitrogens with one attached hydrogen (secondary N) is 4. The van der Waals surface area contributed by atoms with E-state index in [1.807, 2.05) is 39.0 Å². The van der Waals surface area contributed by atoms with Crippen LogP contribution < -0.4 is 27.0 Å². The summed E-state index contributed by atoms with van der Waals surface area (Å²) in [5, 5.41) is 10.2. The summed E-state index contributed by atoms with van der Waals surface area (Å²) in [6, 6.07) is 14.1. The fourth-order valence-corrected chi connectivity index (χ4v) is 3.53. The number of carbonyl (C=O) groups is 5. The third kappa shape index (κ3) is 10.5. The molecule has 0 saturated carbocycles. The molecule has 2 rings (SSSR count). The van der Waals surface area contributed by atoms with Crippen LogP contribution in [0.2, 0.25) is 0 Å². The number of carbonyl (C=O) groups excluding carboxylic acids is 5. The van der Waals surface area contributed by atoms with Gasteiger partial charge in [0, 0.05) is 12.0 Å². The third-order valence-corrected chi connectivity index (χ3v) is 5.47. The lowest BCUT2D eigenvalue weighted by Gasteiger charge is -2.20. The summed E-state index contributed by atoms with van der Waals surface area (Å²) in [5.74, 6) is -2.67. The molecule has 10 nitrogen and oxygen atoms in total. The van der Waals surface area contributed by atoms with E-state index in [2.05, 4.69) is 21.3 Å². The SMILES string of the molecule is Cc1ccc(C(=O)NCC(=O)N[C@@H](Cc2ccccc2)C(=O)NCC(=O)N[C@@H](CC(C)C)C(N)=O)cc1. The van der Waals surface area contributed by atoms with Crippen LogP contribution in [0.1, 0.15) is 41.8 Å². The van der Waals surface area contributed by atoms with Gasteiger partial charge in [-0.3, -0.25) is 24.0 Å². The van der Waals surface area contributed by atoms with Gasteiger partial charge in [0.25, 0.3) is 5.91 Å². The quantitative estimate of drug-likeness (QED) is 0.267. The van der Waals surface area contributed by atoms with E-state index in [0.29, 0.717) is 12.0 Å². The van der Waals surface area contributed by atoms with E-state index in [9.17, 15) is 24.0 Å². The van der Waals surface area contributed by atoms with Gasteiger partial charge in [-0.1, -0.05) is 61.9 Å². The second kappa shape index (κ2) is 14.4. The van der Waals surface area contributed by atoms with Crippen LogP contribution in [0, 0.1) is 12.8 Å². The lowest BCUT2D eigenvalue weighted by atomic mass is 10.0. The lowest BCUT2D eigenvalue weighted by Crippen LogP contribution is -2.53. The van der Waals surface area contributed by atoms with Gasteiger partial charge in [0.2, 0.25) is 23.6 Å². The Kier molecular flexibility index (Phi) is 11.3. The Morgan fingerprint density at radius 3 is 1.92 bits per heavy atom. The molecule has 2 aromatic carbocycles. The van der Waals surface area contributed by atoms with Gasteiger partial charge in [0.15, 0.2) is 0 Å². The molecule has 6 N–H and O–H groups in total. The van der Waals surface area contributed by atoms with E-state index in [-0.39, 0.29) is 18.9 Å². The Balaban J connectivity index is 1.97. The maximum atomic E-state index is 12.9. The molecule has 0 saturated heterocycles. The zero-order valence-electron chi connectivity index (χ0n) is 21.4. The van der Waals surface area contributed by atoms with Crippen LogP contribution >= 0.6 is 0 Å². The summed E-state index contributed by atoms with van der Waals surface area (Å²) in [5.41, 5.74) is 7.56. The van der Waals surface area contributed by atoms with Crippen molar-refractivity contribution in [2.75, 3.05) is 13.1 Å². The van der Waals surface area contributed by atoms with Crippen LogP contribution in [0.3, 0.4) is 0 Å². The van der Waals surface area contributed by atoms with Crippen molar-refractivity contribution >= 4 is 29.5 Å². The smallest absolute Gasteiger partial charge is 0.251 e. The van der Waals surface area contributed by atoms with Gasteiger partial charge in [-0.15, -0.1) is 0 Å². The molecule has 0 heterocycles. The molecule has 0 fully saturated rings. The highest BCUT2D eigenvalue weighted by molar-refractivity contribution is 5.97. The number of hydrogen-bond acceptors (Lipinski definition) is 5. The van der Waals surface area contributed by atoms with Crippen molar-refractivity contribution in [3.8, 4) is 0 Å². The minimum Gasteiger partial charge on any atom is -0.368 e. The van der Waals surface area contributed by atoms with E-state index in [4.69, 9.17) is 5.73 Å². The minimum absolute atomic E-state index is 0.129. The summed E-state index contributed by atoms with van der Waals surface area (Å²) >= 11 is 0. The van der Waals surface area contributed by atoms with Crippen molar-refractivity contribution in [1.82, 2.24) is 21.3 Å². The van der Waals surface area contributed by atoms with Crippen LogP contribution in [0.4, 0.5) is 0 Å². The largest absolute Gasteiger partial charge is 0.368 e. The van der Waals surface area contributed by atoms with Crippen LogP contribution in [0.5, 0.6) is 0 Å². The highest BCUT2D eigenvalue weighted by atomic mass is 16.2. The van der Waals surface area contributed by atoms with Crippen molar-refractivity contribution in [1.29, 1.82) is 0 Å². The normalized spacial score (nSPS) is 12.2. The van der Waals surface area contributed by atoms with E-state index in [1.54, 1.807) is 36.4 Å². The molecule has 0 unspecified atom stereocenters. The van der Waals surface area contributed by atoms with Gasteiger partial charge in [0.05, 0.1) is 13.1 Å². The van der Waals surface area contributed by atoms with E-state index in [1.165, 1.54) is 0 Å². The number of rotatable bonds is 13. The van der Waals surface area contributed by atoms with Gasteiger partial charge < -0.3 is 27.0 Å². The fraction of sp³-hybridized carbons (Fsp3) is 0.370. The number of amides is 5. The molecular weight excluding hydrogens is 474 g/mol. The number of nitrogens with two attached hydrogens (primary N) is 1. The lowest BCUT2D eigenvalue weighted by molar-refractivity contribution is -0.131. The Hall–Kier alpha value is -4.21. The first kappa shape index (κ1) is 29.0. The standard InChI is InChI=1S/C27H35N5O5/c1-17(2)13-21(25(28)35)31-23(33)16-30-27(37)22(14-19-7-5-4-6-8-19)32-24(34)15-29-26(36)20-11-9-18(3)10-12-20/h4-12,17,21-22H,13-16H2,1-3H3,(H2,28,35)(H,29,36)(H,30,37)(H,31,33)(H,32,34)/t21-,22-/m0/s1. The van der Waals surface area contributed by atoms with Crippen molar-refractivity contribution in [2.24, 2.45) is 11.7 Å². The minimum atomic E-state index is -0.999. The van der Waals surface area contributed by atoms with Crippen molar-refractivity contribution in [3.05, 3.63) is 71.3 Å². The predicted molar refractivity (Wildman–Crippen MR) is 139 cm³/mol. The Labute approximate surface area is 216 Å². The molecule has 0 spiro atoms. The highest BCUT2D eigenvalue weighted by Gasteiger charge is 2.24. The zero-order valence-corrected chi connectivity index (χ0v) is 21.4. The van der Waals surface area contributed by atoms with E-state index < -0.39 is 48.2 Å². The third-order valence-electron chi connectivity index (χ3n) is 5.47. The van der Waals surface area contributed by atoms with Gasteiger partial charge in [0.1, 0.15) is 12.1 Å². The fourth-order valence-electron chi connectivity index (χ4n) is 3.53. The summed E-state index contributed by atoms with van der Waals surface area (Å²) in [6.07, 6.45) is 0.541. The van der Waals surface area contributed by atoms with Gasteiger partial charge in [-0.25, -0.2) is 0 Å². The Morgan fingerprint density at radius 1 is 0.784 bits per heavy atom. The van der Waals surface area contributed by atoms with Crippen molar-refractivity contribution in [2.45, 2.75) is 45.7 Å². The van der Waals surface area contributed by atoms with Gasteiger partial charge in [-0.05, 0) is 37.0 Å². The average Bonchev–Trinajstić information content (AvgIpc) is 2.85. The van der Waals surface area contributed by atoms with Crippen LogP contribution in [-0.2, 0) is 25.6 Å². The average molecular weight is 510 g/mol. The molecule has 2 atom stereocenters. The van der Waals surface area contributed by atoms with Gasteiger partial charge in [-0.2, -0.15) is 0 Å². The molecule has 0 aliphatic carbocycles. The number of hydrogen-bond donors (Lipinski definition) is 5. The number of benzene rings is 2. The van der Waals surface area contributed by atoms with E-state index >= 15 is 0 Å². The second-order valence-electron chi connectivity index (χ2n) is 9.23. The highest BCUT2D eigenvalue weighted by Crippen LogP contribution is 2.06. The first-order chi connectivity index (χ1) is 17.5. The van der Waals surface area contributed by atoms with Crippen LogP contribution in [0.15, 0.2) is 54.6 Å². The van der Waals surface area contributed by atoms with Crippen LogP contribution in [-0.4, -0.2) is 54.7 Å². The first-order valence-corrected chi connectivity index (χ1v) is 12.1. The predicted octanol–water partition coefficient (Wildman–Crippen LogP) is 0.585. The van der Waals surface area contributed by atoms with Gasteiger partial charge >= 0.3 is 0 Å². The molecule has 0 bridgehead atoms. The molecule has 0 aromatic heterocycles. The summed E-state index contributed by atoms with van der Waals surface area (Å²) < 4.78 is 0. The van der Waals surface area contributed by atoms with E-state index in [0.717, 1.165) is 11.1 Å². The molecule has 10 heteroatoms. The second-order valence-corrected chi connectivity index (χ2v) is 9.23. The first-order valence-electron chi connectivity index (χ1n) is 12.1. The topological polar surface area (TPSA) is 159 Å². The molecule has 0 aliphatic heterocycles. The molecule has 37 heavy (non-hydrogen) atoms. The molecule has 198 valence electrons. The zero-order chi connectivity index (χ0) is 27.4. The molecule has 2 aromatic rings. The maximum absolute atomic E-state index is 12.9. The summed E-state index contributed by atoms with van der Waals surface area (Å²) in [7, 11) is 0. The van der Waals surface area contributed by atoms with Crippen LogP contribution in [0.25, 0.3) is 0 Å². The maximum Gasteiger partial charge on any atom is 0.251 e. The molecule has 5 amide bonds. The number of aryl methyl sites for hydroxylation is 1. The molecular formula is C27H35N5O5. The summed E-state index contributed by atoms with van der Waals surface area (Å²) in [6.45, 7) is 4.96. The molecule has 0 aliphatic rings.